The number of rotatable bonds is 3. The largest absolute Gasteiger partial charge is 0.337 e. The van der Waals surface area contributed by atoms with Crippen LogP contribution in [-0.4, -0.2) is 17.9 Å². The van der Waals surface area contributed by atoms with Gasteiger partial charge in [0.05, 0.1) is 5.56 Å². The van der Waals surface area contributed by atoms with E-state index in [0.717, 1.165) is 19.0 Å². The van der Waals surface area contributed by atoms with Crippen molar-refractivity contribution in [2.75, 3.05) is 7.05 Å². The van der Waals surface area contributed by atoms with Crippen molar-refractivity contribution in [2.45, 2.75) is 6.54 Å². The average Bonchev–Trinajstić information content (AvgIpc) is 2.40. The number of hydrogen-bond donors (Lipinski definition) is 0. The van der Waals surface area contributed by atoms with Crippen molar-refractivity contribution in [2.24, 2.45) is 0 Å². The first-order valence-electron chi connectivity index (χ1n) is 5.93. The molecule has 0 aromatic heterocycles. The predicted octanol–water partition coefficient (Wildman–Crippen LogP) is 5.25. The van der Waals surface area contributed by atoms with Crippen LogP contribution in [0.25, 0.3) is 0 Å². The van der Waals surface area contributed by atoms with Gasteiger partial charge in [0, 0.05) is 27.0 Å². The smallest absolute Gasteiger partial charge is 0.255 e. The molecule has 0 aliphatic heterocycles. The molecule has 0 N–H and O–H groups in total. The highest BCUT2D eigenvalue weighted by Crippen LogP contribution is 2.24. The number of carbonyl (C=O) groups excluding carboxylic acids is 1. The molecular weight excluding hydrogens is 450 g/mol. The van der Waals surface area contributed by atoms with Crippen LogP contribution in [0.3, 0.4) is 0 Å². The Hall–Kier alpha value is -0.650. The zero-order chi connectivity index (χ0) is 14.7. The summed E-state index contributed by atoms with van der Waals surface area (Å²) in [5.41, 5.74) is 1.74. The minimum atomic E-state index is -0.0138. The lowest BCUT2D eigenvalue weighted by Gasteiger charge is -2.19. The van der Waals surface area contributed by atoms with E-state index < -0.39 is 0 Å². The molecule has 0 spiro atoms. The van der Waals surface area contributed by atoms with Gasteiger partial charge in [0.15, 0.2) is 0 Å². The van der Waals surface area contributed by atoms with E-state index in [1.807, 2.05) is 42.5 Å². The van der Waals surface area contributed by atoms with Crippen molar-refractivity contribution >= 4 is 53.7 Å². The van der Waals surface area contributed by atoms with Crippen LogP contribution in [0.2, 0.25) is 0 Å². The Balaban J connectivity index is 2.19. The molecule has 20 heavy (non-hydrogen) atoms. The lowest BCUT2D eigenvalue weighted by molar-refractivity contribution is 0.0784. The van der Waals surface area contributed by atoms with Gasteiger partial charge in [-0.05, 0) is 45.8 Å². The Morgan fingerprint density at radius 3 is 2.40 bits per heavy atom. The minimum absolute atomic E-state index is 0.0138. The fourth-order valence-electron chi connectivity index (χ4n) is 1.82. The maximum atomic E-state index is 12.5. The van der Waals surface area contributed by atoms with Crippen molar-refractivity contribution in [1.82, 2.24) is 4.90 Å². The third-order valence-electron chi connectivity index (χ3n) is 2.87. The van der Waals surface area contributed by atoms with E-state index in [-0.39, 0.29) is 5.91 Å². The highest BCUT2D eigenvalue weighted by atomic mass is 79.9. The number of amides is 1. The number of nitrogens with zero attached hydrogens (tertiary/aromatic N) is 1. The van der Waals surface area contributed by atoms with Crippen LogP contribution in [0.15, 0.2) is 55.9 Å². The van der Waals surface area contributed by atoms with E-state index in [4.69, 9.17) is 0 Å². The molecule has 2 nitrogen and oxygen atoms in total. The molecule has 0 fully saturated rings. The van der Waals surface area contributed by atoms with Gasteiger partial charge in [-0.3, -0.25) is 4.79 Å². The summed E-state index contributed by atoms with van der Waals surface area (Å²) in [7, 11) is 1.80. The summed E-state index contributed by atoms with van der Waals surface area (Å²) in [5, 5.41) is 0. The molecule has 1 amide bonds. The summed E-state index contributed by atoms with van der Waals surface area (Å²) in [6.45, 7) is 0.558. The fourth-order valence-corrected chi connectivity index (χ4v) is 3.45. The monoisotopic (exact) mass is 459 g/mol. The van der Waals surface area contributed by atoms with Crippen LogP contribution < -0.4 is 0 Å². The standard InChI is InChI=1S/C15H12Br3NO/c1-19(9-10-4-2-3-5-13(10)17)15(20)12-7-6-11(16)8-14(12)18/h2-8H,9H2,1H3. The van der Waals surface area contributed by atoms with Gasteiger partial charge < -0.3 is 4.90 Å². The fraction of sp³-hybridized carbons (Fsp3) is 0.133. The topological polar surface area (TPSA) is 20.3 Å². The Bertz CT molecular complexity index is 643. The molecular formula is C15H12Br3NO. The molecule has 0 radical (unpaired) electrons. The summed E-state index contributed by atoms with van der Waals surface area (Å²) in [4.78, 5) is 14.2. The van der Waals surface area contributed by atoms with Crippen molar-refractivity contribution in [3.63, 3.8) is 0 Å². The maximum Gasteiger partial charge on any atom is 0.255 e. The van der Waals surface area contributed by atoms with E-state index >= 15 is 0 Å². The lowest BCUT2D eigenvalue weighted by atomic mass is 10.1. The third kappa shape index (κ3) is 3.71. The van der Waals surface area contributed by atoms with Crippen LogP contribution >= 0.6 is 47.8 Å². The number of halogens is 3. The zero-order valence-corrected chi connectivity index (χ0v) is 15.5. The molecule has 2 aromatic carbocycles. The van der Waals surface area contributed by atoms with E-state index in [1.165, 1.54) is 0 Å². The number of benzene rings is 2. The second kappa shape index (κ2) is 6.87. The Morgan fingerprint density at radius 1 is 1.05 bits per heavy atom. The van der Waals surface area contributed by atoms with Gasteiger partial charge in [0.1, 0.15) is 0 Å². The minimum Gasteiger partial charge on any atom is -0.337 e. The summed E-state index contributed by atoms with van der Waals surface area (Å²) in [6, 6.07) is 13.5. The maximum absolute atomic E-state index is 12.5. The van der Waals surface area contributed by atoms with Crippen LogP contribution in [0.5, 0.6) is 0 Å². The molecule has 2 rings (SSSR count). The van der Waals surface area contributed by atoms with Crippen molar-refractivity contribution in [1.29, 1.82) is 0 Å². The van der Waals surface area contributed by atoms with Gasteiger partial charge in [-0.25, -0.2) is 0 Å². The van der Waals surface area contributed by atoms with Crippen molar-refractivity contribution in [3.05, 3.63) is 67.0 Å². The van der Waals surface area contributed by atoms with Gasteiger partial charge in [-0.2, -0.15) is 0 Å². The molecule has 0 bridgehead atoms. The number of carbonyl (C=O) groups is 1. The normalized spacial score (nSPS) is 10.4. The van der Waals surface area contributed by atoms with Crippen LogP contribution in [0.1, 0.15) is 15.9 Å². The van der Waals surface area contributed by atoms with Crippen LogP contribution in [0, 0.1) is 0 Å². The average molecular weight is 462 g/mol. The van der Waals surface area contributed by atoms with Crippen LogP contribution in [0.4, 0.5) is 0 Å². The summed E-state index contributed by atoms with van der Waals surface area (Å²) < 4.78 is 2.74. The van der Waals surface area contributed by atoms with E-state index in [9.17, 15) is 4.79 Å². The Kier molecular flexibility index (Phi) is 5.41. The highest BCUT2D eigenvalue weighted by molar-refractivity contribution is 9.11. The first kappa shape index (κ1) is 15.7. The molecule has 0 aliphatic carbocycles. The SMILES string of the molecule is CN(Cc1ccccc1Br)C(=O)c1ccc(Br)cc1Br. The Morgan fingerprint density at radius 2 is 1.75 bits per heavy atom. The first-order valence-corrected chi connectivity index (χ1v) is 8.31. The molecule has 0 saturated carbocycles. The number of hydrogen-bond acceptors (Lipinski definition) is 1. The van der Waals surface area contributed by atoms with Crippen molar-refractivity contribution < 1.29 is 4.79 Å². The van der Waals surface area contributed by atoms with Gasteiger partial charge in [0.25, 0.3) is 5.91 Å². The zero-order valence-electron chi connectivity index (χ0n) is 10.7. The molecule has 5 heteroatoms. The van der Waals surface area contributed by atoms with Gasteiger partial charge >= 0.3 is 0 Å². The molecule has 0 atom stereocenters. The third-order valence-corrected chi connectivity index (χ3v) is 4.80. The molecule has 0 heterocycles. The second-order valence-electron chi connectivity index (χ2n) is 4.38. The first-order chi connectivity index (χ1) is 9.49. The summed E-state index contributed by atoms with van der Waals surface area (Å²) in [6.07, 6.45) is 0. The highest BCUT2D eigenvalue weighted by Gasteiger charge is 2.16. The van der Waals surface area contributed by atoms with Gasteiger partial charge in [0.2, 0.25) is 0 Å². The molecule has 0 saturated heterocycles. The van der Waals surface area contributed by atoms with Gasteiger partial charge in [-0.15, -0.1) is 0 Å². The molecule has 0 unspecified atom stereocenters. The quantitative estimate of drug-likeness (QED) is 0.611. The molecule has 2 aromatic rings. The molecule has 104 valence electrons. The van der Waals surface area contributed by atoms with E-state index in [0.29, 0.717) is 12.1 Å². The van der Waals surface area contributed by atoms with E-state index in [2.05, 4.69) is 47.8 Å². The summed E-state index contributed by atoms with van der Waals surface area (Å²) in [5.74, 6) is -0.0138. The summed E-state index contributed by atoms with van der Waals surface area (Å²) >= 11 is 10.3. The van der Waals surface area contributed by atoms with Crippen molar-refractivity contribution in [3.8, 4) is 0 Å². The molecule has 0 aliphatic rings. The second-order valence-corrected chi connectivity index (χ2v) is 7.00. The van der Waals surface area contributed by atoms with Gasteiger partial charge in [-0.1, -0.05) is 50.1 Å². The Labute approximate surface area is 143 Å². The predicted molar refractivity (Wildman–Crippen MR) is 91.8 cm³/mol. The van der Waals surface area contributed by atoms with Crippen LogP contribution in [-0.2, 0) is 6.54 Å². The lowest BCUT2D eigenvalue weighted by Crippen LogP contribution is -2.26. The van der Waals surface area contributed by atoms with E-state index in [1.54, 1.807) is 11.9 Å².